The van der Waals surface area contributed by atoms with Crippen LogP contribution in [0.5, 0.6) is 0 Å². The van der Waals surface area contributed by atoms with Crippen LogP contribution < -0.4 is 5.59 Å². The molecular formula is C19H29BN3. The molecule has 123 valence electrons. The topological polar surface area (TPSA) is 41.6 Å². The van der Waals surface area contributed by atoms with Crippen molar-refractivity contribution in [2.75, 3.05) is 0 Å². The number of nitrogens with zero attached hydrogens (tertiary/aromatic N) is 2. The first-order valence-corrected chi connectivity index (χ1v) is 9.52. The van der Waals surface area contributed by atoms with E-state index >= 15 is 0 Å². The van der Waals surface area contributed by atoms with Crippen molar-refractivity contribution in [1.82, 2.24) is 15.0 Å². The number of hydrogen-bond acceptors (Lipinski definition) is 2. The lowest BCUT2D eigenvalue weighted by Gasteiger charge is -2.17. The van der Waals surface area contributed by atoms with Crippen LogP contribution >= 0.6 is 0 Å². The first-order chi connectivity index (χ1) is 11.4. The van der Waals surface area contributed by atoms with Gasteiger partial charge >= 0.3 is 0 Å². The molecule has 2 aromatic heterocycles. The number of H-pyrrole nitrogens is 1. The van der Waals surface area contributed by atoms with Gasteiger partial charge in [-0.15, -0.1) is 0 Å². The lowest BCUT2D eigenvalue weighted by atomic mass is 9.78. The summed E-state index contributed by atoms with van der Waals surface area (Å²) in [7, 11) is 2.07. The Morgan fingerprint density at radius 3 is 2.17 bits per heavy atom. The van der Waals surface area contributed by atoms with Crippen LogP contribution in [0.3, 0.4) is 0 Å². The Balaban J connectivity index is 1.72. The SMILES string of the molecule is C[B]c1cc2ncc(C3CCCCCCCCCCC3)nc2[nH]1. The lowest BCUT2D eigenvalue weighted by molar-refractivity contribution is 0.462. The molecule has 23 heavy (non-hydrogen) atoms. The number of aromatic nitrogens is 3. The summed E-state index contributed by atoms with van der Waals surface area (Å²) in [5, 5.41) is 0. The first-order valence-electron chi connectivity index (χ1n) is 9.52. The van der Waals surface area contributed by atoms with Crippen molar-refractivity contribution in [2.45, 2.75) is 83.4 Å². The quantitative estimate of drug-likeness (QED) is 0.815. The number of rotatable bonds is 2. The van der Waals surface area contributed by atoms with Gasteiger partial charge in [0.1, 0.15) is 5.52 Å². The maximum absolute atomic E-state index is 4.90. The van der Waals surface area contributed by atoms with Gasteiger partial charge in [0, 0.05) is 12.1 Å². The number of nitrogens with one attached hydrogen (secondary N) is 1. The van der Waals surface area contributed by atoms with E-state index in [-0.39, 0.29) is 0 Å². The summed E-state index contributed by atoms with van der Waals surface area (Å²) in [6.45, 7) is 2.04. The highest BCUT2D eigenvalue weighted by atomic mass is 14.9. The lowest BCUT2D eigenvalue weighted by Crippen LogP contribution is -2.10. The monoisotopic (exact) mass is 310 g/mol. The average Bonchev–Trinajstić information content (AvgIpc) is 2.97. The second kappa shape index (κ2) is 8.51. The summed E-state index contributed by atoms with van der Waals surface area (Å²) < 4.78 is 0. The molecule has 0 amide bonds. The molecule has 1 aliphatic carbocycles. The maximum Gasteiger partial charge on any atom is 0.171 e. The van der Waals surface area contributed by atoms with Crippen LogP contribution in [0.15, 0.2) is 12.3 Å². The summed E-state index contributed by atoms with van der Waals surface area (Å²) in [6.07, 6.45) is 17.1. The second-order valence-electron chi connectivity index (χ2n) is 7.00. The fourth-order valence-electron chi connectivity index (χ4n) is 3.74. The van der Waals surface area contributed by atoms with Crippen molar-refractivity contribution in [1.29, 1.82) is 0 Å². The molecule has 2 heterocycles. The van der Waals surface area contributed by atoms with Gasteiger partial charge in [-0.3, -0.25) is 4.98 Å². The van der Waals surface area contributed by atoms with Crippen LogP contribution in [0.4, 0.5) is 0 Å². The van der Waals surface area contributed by atoms with Crippen LogP contribution in [-0.2, 0) is 0 Å². The number of hydrogen-bond donors (Lipinski definition) is 1. The van der Waals surface area contributed by atoms with E-state index in [1.54, 1.807) is 0 Å². The van der Waals surface area contributed by atoms with E-state index in [1.807, 2.05) is 13.0 Å². The van der Waals surface area contributed by atoms with Crippen molar-refractivity contribution >= 4 is 24.0 Å². The Labute approximate surface area is 140 Å². The normalized spacial score (nSPS) is 19.2. The van der Waals surface area contributed by atoms with E-state index in [0.29, 0.717) is 5.92 Å². The largest absolute Gasteiger partial charge is 0.351 e. The van der Waals surface area contributed by atoms with Gasteiger partial charge < -0.3 is 4.98 Å². The molecular weight excluding hydrogens is 281 g/mol. The van der Waals surface area contributed by atoms with Crippen molar-refractivity contribution in [3.63, 3.8) is 0 Å². The van der Waals surface area contributed by atoms with Crippen LogP contribution in [0.1, 0.15) is 82.2 Å². The van der Waals surface area contributed by atoms with Gasteiger partial charge in [-0.25, -0.2) is 4.98 Å². The smallest absolute Gasteiger partial charge is 0.171 e. The third-order valence-corrected chi connectivity index (χ3v) is 5.21. The molecule has 4 heteroatoms. The minimum absolute atomic E-state index is 0.587. The minimum atomic E-state index is 0.587. The third kappa shape index (κ3) is 4.59. The van der Waals surface area contributed by atoms with Gasteiger partial charge in [-0.1, -0.05) is 64.6 Å². The van der Waals surface area contributed by atoms with Crippen molar-refractivity contribution < 1.29 is 0 Å². The van der Waals surface area contributed by atoms with Crippen LogP contribution in [0.2, 0.25) is 6.82 Å². The van der Waals surface area contributed by atoms with Gasteiger partial charge in [0.2, 0.25) is 0 Å². The highest BCUT2D eigenvalue weighted by Gasteiger charge is 2.15. The molecule has 3 rings (SSSR count). The van der Waals surface area contributed by atoms with Crippen molar-refractivity contribution in [3.8, 4) is 0 Å². The molecule has 3 nitrogen and oxygen atoms in total. The third-order valence-electron chi connectivity index (χ3n) is 5.21. The first kappa shape index (κ1) is 16.5. The minimum Gasteiger partial charge on any atom is -0.351 e. The standard InChI is InChI=1S/C19H29BN3/c1-20-18-13-16-19(23-18)22-17(14-21-16)15-11-9-7-5-3-2-4-6-8-10-12-15/h13-15H,2-12H2,1H3,(H,22,23). The molecule has 0 saturated heterocycles. The Bertz CT molecular complexity index is 596. The highest BCUT2D eigenvalue weighted by molar-refractivity contribution is 6.51. The molecule has 0 aromatic carbocycles. The van der Waals surface area contributed by atoms with E-state index in [0.717, 1.165) is 16.8 Å². The van der Waals surface area contributed by atoms with Gasteiger partial charge in [0.05, 0.1) is 5.69 Å². The summed E-state index contributed by atoms with van der Waals surface area (Å²) in [5.74, 6) is 0.587. The van der Waals surface area contributed by atoms with Crippen molar-refractivity contribution in [2.24, 2.45) is 0 Å². The van der Waals surface area contributed by atoms with E-state index in [4.69, 9.17) is 4.98 Å². The van der Waals surface area contributed by atoms with Gasteiger partial charge in [-0.05, 0) is 24.5 Å². The highest BCUT2D eigenvalue weighted by Crippen LogP contribution is 2.28. The van der Waals surface area contributed by atoms with E-state index in [9.17, 15) is 0 Å². The van der Waals surface area contributed by atoms with E-state index in [2.05, 4.69) is 23.3 Å². The predicted octanol–water partition coefficient (Wildman–Crippen LogP) is 4.72. The zero-order valence-corrected chi connectivity index (χ0v) is 14.5. The number of fused-ring (bicyclic) bond motifs is 1. The molecule has 0 aliphatic heterocycles. The van der Waals surface area contributed by atoms with Crippen molar-refractivity contribution in [3.05, 3.63) is 18.0 Å². The summed E-state index contributed by atoms with van der Waals surface area (Å²) >= 11 is 0. The summed E-state index contributed by atoms with van der Waals surface area (Å²) in [6, 6.07) is 2.08. The molecule has 0 bridgehead atoms. The molecule has 1 radical (unpaired) electrons. The Morgan fingerprint density at radius 1 is 0.957 bits per heavy atom. The average molecular weight is 310 g/mol. The molecule has 1 N–H and O–H groups in total. The summed E-state index contributed by atoms with van der Waals surface area (Å²) in [4.78, 5) is 12.9. The predicted molar refractivity (Wildman–Crippen MR) is 98.7 cm³/mol. The van der Waals surface area contributed by atoms with Gasteiger partial charge in [0.25, 0.3) is 0 Å². The van der Waals surface area contributed by atoms with Gasteiger partial charge in [0.15, 0.2) is 12.9 Å². The molecule has 0 unspecified atom stereocenters. The maximum atomic E-state index is 4.90. The Morgan fingerprint density at radius 2 is 1.57 bits per heavy atom. The zero-order chi connectivity index (χ0) is 15.9. The molecule has 1 saturated carbocycles. The Hall–Kier alpha value is -1.32. The second-order valence-corrected chi connectivity index (χ2v) is 7.00. The molecule has 1 aliphatic rings. The summed E-state index contributed by atoms with van der Waals surface area (Å²) in [5.41, 5.74) is 4.23. The zero-order valence-electron chi connectivity index (χ0n) is 14.5. The fraction of sp³-hybridized carbons (Fsp3) is 0.684. The van der Waals surface area contributed by atoms with Gasteiger partial charge in [-0.2, -0.15) is 0 Å². The van der Waals surface area contributed by atoms with E-state index < -0.39 is 0 Å². The fourth-order valence-corrected chi connectivity index (χ4v) is 3.74. The molecule has 0 spiro atoms. The van der Waals surface area contributed by atoms with Crippen LogP contribution in [0.25, 0.3) is 11.2 Å². The number of aromatic amines is 1. The Kier molecular flexibility index (Phi) is 6.12. The van der Waals surface area contributed by atoms with Crippen LogP contribution in [-0.4, -0.2) is 22.2 Å². The van der Waals surface area contributed by atoms with E-state index in [1.165, 1.54) is 76.3 Å². The van der Waals surface area contributed by atoms with Crippen LogP contribution in [0, 0.1) is 0 Å². The molecule has 2 aromatic rings. The molecule has 0 atom stereocenters. The molecule has 1 fully saturated rings.